The number of nitrogens with zero attached hydrogens (tertiary/aromatic N) is 1. The normalized spacial score (nSPS) is 20.3. The fraction of sp³-hybridized carbons (Fsp3) is 0.636. The maximum atomic E-state index is 10.8. The third kappa shape index (κ3) is 1.89. The van der Waals surface area contributed by atoms with Gasteiger partial charge in [-0.3, -0.25) is 4.79 Å². The number of rotatable bonds is 2. The second-order valence-corrected chi connectivity index (χ2v) is 4.35. The number of carbonyl (C=O) groups is 1. The topological polar surface area (TPSA) is 63.3 Å². The predicted molar refractivity (Wildman–Crippen MR) is 53.7 cm³/mol. The summed E-state index contributed by atoms with van der Waals surface area (Å²) in [7, 11) is 0. The van der Waals surface area contributed by atoms with Crippen molar-refractivity contribution in [1.29, 1.82) is 0 Å². The lowest BCUT2D eigenvalue weighted by molar-refractivity contribution is -0.142. The zero-order valence-electron chi connectivity index (χ0n) is 8.99. The van der Waals surface area contributed by atoms with E-state index in [-0.39, 0.29) is 11.8 Å². The van der Waals surface area contributed by atoms with Gasteiger partial charge in [0.25, 0.3) is 0 Å². The van der Waals surface area contributed by atoms with Crippen LogP contribution in [0.15, 0.2) is 4.42 Å². The molecule has 1 aliphatic carbocycles. The standard InChI is InChI=1S/C11H15NO3/c1-6(2)10-12-8-4-3-7(11(13)14)5-9(8)15-10/h6-7H,3-5H2,1-2H3,(H,13,14). The molecule has 0 bridgehead atoms. The third-order valence-electron chi connectivity index (χ3n) is 2.80. The summed E-state index contributed by atoms with van der Waals surface area (Å²) >= 11 is 0. The molecule has 1 aromatic rings. The van der Waals surface area contributed by atoms with E-state index in [1.807, 2.05) is 13.8 Å². The summed E-state index contributed by atoms with van der Waals surface area (Å²) in [5.74, 6) is 0.732. The molecule has 0 saturated carbocycles. The van der Waals surface area contributed by atoms with Crippen LogP contribution in [-0.4, -0.2) is 16.1 Å². The van der Waals surface area contributed by atoms with Crippen LogP contribution in [0.2, 0.25) is 0 Å². The monoisotopic (exact) mass is 209 g/mol. The maximum Gasteiger partial charge on any atom is 0.306 e. The van der Waals surface area contributed by atoms with E-state index < -0.39 is 5.97 Å². The maximum absolute atomic E-state index is 10.8. The van der Waals surface area contributed by atoms with Crippen molar-refractivity contribution in [3.05, 3.63) is 17.3 Å². The van der Waals surface area contributed by atoms with Crippen molar-refractivity contribution < 1.29 is 14.3 Å². The Morgan fingerprint density at radius 3 is 2.93 bits per heavy atom. The van der Waals surface area contributed by atoms with Crippen LogP contribution >= 0.6 is 0 Å². The summed E-state index contributed by atoms with van der Waals surface area (Å²) in [5.41, 5.74) is 0.955. The van der Waals surface area contributed by atoms with Gasteiger partial charge < -0.3 is 9.52 Å². The van der Waals surface area contributed by atoms with Crippen LogP contribution in [0.5, 0.6) is 0 Å². The zero-order valence-corrected chi connectivity index (χ0v) is 8.99. The molecule has 0 radical (unpaired) electrons. The predicted octanol–water partition coefficient (Wildman–Crippen LogP) is 1.99. The lowest BCUT2D eigenvalue weighted by Crippen LogP contribution is -2.21. The molecule has 4 nitrogen and oxygen atoms in total. The molecule has 0 aromatic carbocycles. The molecule has 82 valence electrons. The van der Waals surface area contributed by atoms with Crippen molar-refractivity contribution in [1.82, 2.24) is 4.98 Å². The lowest BCUT2D eigenvalue weighted by atomic mass is 9.91. The SMILES string of the molecule is CC(C)c1nc2c(o1)CC(C(=O)O)CC2. The van der Waals surface area contributed by atoms with E-state index in [0.717, 1.165) is 23.8 Å². The molecule has 0 saturated heterocycles. The molecule has 0 spiro atoms. The van der Waals surface area contributed by atoms with Gasteiger partial charge in [-0.15, -0.1) is 0 Å². The Morgan fingerprint density at radius 1 is 1.60 bits per heavy atom. The smallest absolute Gasteiger partial charge is 0.306 e. The Morgan fingerprint density at radius 2 is 2.33 bits per heavy atom. The van der Waals surface area contributed by atoms with Gasteiger partial charge in [0.15, 0.2) is 5.89 Å². The van der Waals surface area contributed by atoms with Crippen LogP contribution in [0.3, 0.4) is 0 Å². The molecule has 1 aromatic heterocycles. The number of hydrogen-bond acceptors (Lipinski definition) is 3. The molecule has 1 aliphatic rings. The number of carboxylic acids is 1. The number of oxazole rings is 1. The average Bonchev–Trinajstić information content (AvgIpc) is 2.59. The molecule has 2 rings (SSSR count). The van der Waals surface area contributed by atoms with E-state index in [2.05, 4.69) is 4.98 Å². The molecule has 1 unspecified atom stereocenters. The number of carboxylic acid groups (broad SMARTS) is 1. The summed E-state index contributed by atoms with van der Waals surface area (Å²) in [6.07, 6.45) is 1.89. The number of aromatic nitrogens is 1. The minimum absolute atomic E-state index is 0.263. The van der Waals surface area contributed by atoms with Crippen LogP contribution in [0.1, 0.15) is 43.5 Å². The van der Waals surface area contributed by atoms with Crippen molar-refractivity contribution in [3.8, 4) is 0 Å². The Labute approximate surface area is 88.3 Å². The van der Waals surface area contributed by atoms with Crippen molar-refractivity contribution in [3.63, 3.8) is 0 Å². The summed E-state index contributed by atoms with van der Waals surface area (Å²) < 4.78 is 5.57. The fourth-order valence-corrected chi connectivity index (χ4v) is 1.85. The van der Waals surface area contributed by atoms with Gasteiger partial charge in [-0.1, -0.05) is 13.8 Å². The van der Waals surface area contributed by atoms with Gasteiger partial charge in [0, 0.05) is 12.3 Å². The van der Waals surface area contributed by atoms with Gasteiger partial charge >= 0.3 is 5.97 Å². The molecule has 15 heavy (non-hydrogen) atoms. The highest BCUT2D eigenvalue weighted by Crippen LogP contribution is 2.28. The molecule has 0 fully saturated rings. The van der Waals surface area contributed by atoms with E-state index in [1.165, 1.54) is 0 Å². The summed E-state index contributed by atoms with van der Waals surface area (Å²) in [5, 5.41) is 8.92. The van der Waals surface area contributed by atoms with Crippen LogP contribution in [0.25, 0.3) is 0 Å². The Balaban J connectivity index is 2.22. The minimum atomic E-state index is -0.733. The number of fused-ring (bicyclic) bond motifs is 1. The highest BCUT2D eigenvalue weighted by molar-refractivity contribution is 5.70. The van der Waals surface area contributed by atoms with E-state index in [1.54, 1.807) is 0 Å². The summed E-state index contributed by atoms with van der Waals surface area (Å²) in [6.45, 7) is 4.04. The first-order valence-electron chi connectivity index (χ1n) is 5.29. The van der Waals surface area contributed by atoms with Crippen LogP contribution < -0.4 is 0 Å². The molecule has 1 N–H and O–H groups in total. The molecular formula is C11H15NO3. The van der Waals surface area contributed by atoms with Crippen LogP contribution in [-0.2, 0) is 17.6 Å². The van der Waals surface area contributed by atoms with Gasteiger partial charge in [-0.2, -0.15) is 0 Å². The van der Waals surface area contributed by atoms with Crippen LogP contribution in [0, 0.1) is 5.92 Å². The average molecular weight is 209 g/mol. The highest BCUT2D eigenvalue weighted by atomic mass is 16.4. The molecule has 1 heterocycles. The first-order valence-corrected chi connectivity index (χ1v) is 5.29. The quantitative estimate of drug-likeness (QED) is 0.809. The van der Waals surface area contributed by atoms with E-state index in [4.69, 9.17) is 9.52 Å². The van der Waals surface area contributed by atoms with E-state index in [0.29, 0.717) is 12.8 Å². The second-order valence-electron chi connectivity index (χ2n) is 4.35. The summed E-state index contributed by atoms with van der Waals surface area (Å²) in [6, 6.07) is 0. The van der Waals surface area contributed by atoms with E-state index in [9.17, 15) is 4.79 Å². The van der Waals surface area contributed by atoms with Gasteiger partial charge in [-0.25, -0.2) is 4.98 Å². The second kappa shape index (κ2) is 3.68. The number of aliphatic carboxylic acids is 1. The lowest BCUT2D eigenvalue weighted by Gasteiger charge is -2.15. The largest absolute Gasteiger partial charge is 0.481 e. The minimum Gasteiger partial charge on any atom is -0.481 e. The molecule has 1 atom stereocenters. The Bertz CT molecular complexity index is 381. The molecule has 4 heteroatoms. The number of hydrogen-bond donors (Lipinski definition) is 1. The Hall–Kier alpha value is -1.32. The Kier molecular flexibility index (Phi) is 2.50. The van der Waals surface area contributed by atoms with Crippen molar-refractivity contribution >= 4 is 5.97 Å². The molecule has 0 aliphatic heterocycles. The third-order valence-corrected chi connectivity index (χ3v) is 2.80. The zero-order chi connectivity index (χ0) is 11.0. The molecular weight excluding hydrogens is 194 g/mol. The van der Waals surface area contributed by atoms with Gasteiger partial charge in [0.2, 0.25) is 0 Å². The van der Waals surface area contributed by atoms with Crippen molar-refractivity contribution in [2.45, 2.75) is 39.0 Å². The number of aryl methyl sites for hydroxylation is 1. The van der Waals surface area contributed by atoms with Gasteiger partial charge in [-0.05, 0) is 12.8 Å². The van der Waals surface area contributed by atoms with Crippen LogP contribution in [0.4, 0.5) is 0 Å². The van der Waals surface area contributed by atoms with Crippen molar-refractivity contribution in [2.24, 2.45) is 5.92 Å². The summed E-state index contributed by atoms with van der Waals surface area (Å²) in [4.78, 5) is 15.2. The molecule has 0 amide bonds. The van der Waals surface area contributed by atoms with Gasteiger partial charge in [0.1, 0.15) is 5.76 Å². The highest BCUT2D eigenvalue weighted by Gasteiger charge is 2.28. The van der Waals surface area contributed by atoms with E-state index >= 15 is 0 Å². The first-order chi connectivity index (χ1) is 7.08. The fourth-order valence-electron chi connectivity index (χ4n) is 1.85. The van der Waals surface area contributed by atoms with Gasteiger partial charge in [0.05, 0.1) is 11.6 Å². The van der Waals surface area contributed by atoms with Crippen molar-refractivity contribution in [2.75, 3.05) is 0 Å². The first kappa shape index (κ1) is 10.2.